The Kier molecular flexibility index (Phi) is 7.57. The van der Waals surface area contributed by atoms with Gasteiger partial charge in [-0.3, -0.25) is 4.98 Å². The monoisotopic (exact) mass is 510 g/mol. The molecule has 1 aromatic heterocycles. The second-order valence-electron chi connectivity index (χ2n) is 9.25. The van der Waals surface area contributed by atoms with E-state index in [-0.39, 0.29) is 29.3 Å². The largest absolute Gasteiger partial charge is 0.484 e. The lowest BCUT2D eigenvalue weighted by molar-refractivity contribution is 0.0251. The minimum Gasteiger partial charge on any atom is -0.484 e. The molecule has 10 heteroatoms. The number of amides is 1. The molecule has 1 aromatic carbocycles. The SMILES string of the molecule is CC1CN(C(=O)OC(C)(C)C)CC=C1c1cnc(COc2ccc(S(C)(=O)=O)cc2F)c(Cl)c1. The van der Waals surface area contributed by atoms with Crippen LogP contribution in [0.1, 0.15) is 39.0 Å². The molecule has 0 saturated heterocycles. The first kappa shape index (κ1) is 26.0. The molecule has 0 radical (unpaired) electrons. The minimum absolute atomic E-state index is 0.0451. The average Bonchev–Trinajstić information content (AvgIpc) is 2.71. The lowest BCUT2D eigenvalue weighted by atomic mass is 9.91. The molecule has 0 N–H and O–H groups in total. The number of aromatic nitrogens is 1. The normalized spacial score (nSPS) is 16.7. The lowest BCUT2D eigenvalue weighted by Crippen LogP contribution is -2.41. The molecule has 0 aliphatic carbocycles. The summed E-state index contributed by atoms with van der Waals surface area (Å²) in [5.41, 5.74) is 1.70. The Morgan fingerprint density at radius 2 is 2.00 bits per heavy atom. The summed E-state index contributed by atoms with van der Waals surface area (Å²) < 4.78 is 48.2. The van der Waals surface area contributed by atoms with Crippen molar-refractivity contribution in [2.75, 3.05) is 19.3 Å². The van der Waals surface area contributed by atoms with Gasteiger partial charge in [0.25, 0.3) is 0 Å². The van der Waals surface area contributed by atoms with E-state index >= 15 is 0 Å². The highest BCUT2D eigenvalue weighted by atomic mass is 35.5. The van der Waals surface area contributed by atoms with Crippen molar-refractivity contribution in [2.45, 2.75) is 44.8 Å². The molecule has 1 amide bonds. The van der Waals surface area contributed by atoms with Crippen molar-refractivity contribution in [1.82, 2.24) is 9.88 Å². The molecule has 0 saturated carbocycles. The Morgan fingerprint density at radius 3 is 2.56 bits per heavy atom. The summed E-state index contributed by atoms with van der Waals surface area (Å²) in [6, 6.07) is 5.23. The van der Waals surface area contributed by atoms with Crippen LogP contribution >= 0.6 is 11.6 Å². The van der Waals surface area contributed by atoms with Crippen LogP contribution in [0.15, 0.2) is 41.4 Å². The zero-order valence-corrected chi connectivity index (χ0v) is 21.3. The third-order valence-corrected chi connectivity index (χ3v) is 6.59. The third-order valence-electron chi connectivity index (χ3n) is 5.16. The summed E-state index contributed by atoms with van der Waals surface area (Å²) in [6.45, 7) is 8.34. The number of benzene rings is 1. The highest BCUT2D eigenvalue weighted by Crippen LogP contribution is 2.31. The number of sulfone groups is 1. The standard InChI is InChI=1S/C24H28ClFN2O5S/c1-15-13-28(23(29)33-24(2,3)4)9-8-18(15)16-10-19(25)21(27-12-16)14-32-22-7-6-17(11-20(22)26)34(5,30)31/h6-8,10-12,15H,9,13-14H2,1-5H3. The molecule has 0 bridgehead atoms. The molecular weight excluding hydrogens is 483 g/mol. The van der Waals surface area contributed by atoms with Crippen molar-refractivity contribution in [2.24, 2.45) is 5.92 Å². The van der Waals surface area contributed by atoms with E-state index in [0.717, 1.165) is 23.5 Å². The van der Waals surface area contributed by atoms with Gasteiger partial charge in [-0.2, -0.15) is 0 Å². The number of pyridine rings is 1. The summed E-state index contributed by atoms with van der Waals surface area (Å²) in [7, 11) is -3.52. The lowest BCUT2D eigenvalue weighted by Gasteiger charge is -2.33. The molecule has 2 heterocycles. The zero-order valence-electron chi connectivity index (χ0n) is 19.8. The maximum Gasteiger partial charge on any atom is 0.410 e. The molecule has 184 valence electrons. The van der Waals surface area contributed by atoms with Gasteiger partial charge in [0.05, 0.1) is 15.6 Å². The summed E-state index contributed by atoms with van der Waals surface area (Å²) in [5, 5.41) is 0.355. The van der Waals surface area contributed by atoms with E-state index in [1.807, 2.05) is 33.8 Å². The highest BCUT2D eigenvalue weighted by Gasteiger charge is 2.27. The number of nitrogens with zero attached hydrogens (tertiary/aromatic N) is 2. The fraction of sp³-hybridized carbons (Fsp3) is 0.417. The topological polar surface area (TPSA) is 85.8 Å². The number of carbonyl (C=O) groups is 1. The molecule has 1 aliphatic heterocycles. The van der Waals surface area contributed by atoms with Crippen LogP contribution < -0.4 is 4.74 Å². The summed E-state index contributed by atoms with van der Waals surface area (Å²) in [5.74, 6) is -0.838. The number of rotatable bonds is 5. The van der Waals surface area contributed by atoms with Crippen molar-refractivity contribution in [3.05, 3.63) is 58.6 Å². The molecule has 3 rings (SSSR count). The predicted molar refractivity (Wildman–Crippen MR) is 128 cm³/mol. The van der Waals surface area contributed by atoms with Crippen LogP contribution in [0.3, 0.4) is 0 Å². The van der Waals surface area contributed by atoms with Crippen LogP contribution in [0.2, 0.25) is 5.02 Å². The summed E-state index contributed by atoms with van der Waals surface area (Å²) in [4.78, 5) is 18.2. The Morgan fingerprint density at radius 1 is 1.29 bits per heavy atom. The molecule has 2 aromatic rings. The summed E-state index contributed by atoms with van der Waals surface area (Å²) in [6.07, 6.45) is 4.28. The van der Waals surface area contributed by atoms with Crippen molar-refractivity contribution in [1.29, 1.82) is 0 Å². The van der Waals surface area contributed by atoms with Crippen LogP contribution in [-0.2, 0) is 21.2 Å². The maximum atomic E-state index is 14.2. The zero-order chi connectivity index (χ0) is 25.3. The molecule has 1 unspecified atom stereocenters. The van der Waals surface area contributed by atoms with Gasteiger partial charge < -0.3 is 14.4 Å². The molecule has 34 heavy (non-hydrogen) atoms. The quantitative estimate of drug-likeness (QED) is 0.554. The molecular formula is C24H28ClFN2O5S. The van der Waals surface area contributed by atoms with Gasteiger partial charge in [-0.1, -0.05) is 24.6 Å². The number of carbonyl (C=O) groups excluding carboxylic acids is 1. The van der Waals surface area contributed by atoms with E-state index in [4.69, 9.17) is 21.1 Å². The number of hydrogen-bond acceptors (Lipinski definition) is 6. The third kappa shape index (κ3) is 6.48. The van der Waals surface area contributed by atoms with Crippen molar-refractivity contribution < 1.29 is 27.1 Å². The fourth-order valence-corrected chi connectivity index (χ4v) is 4.35. The van der Waals surface area contributed by atoms with Gasteiger partial charge >= 0.3 is 6.09 Å². The van der Waals surface area contributed by atoms with Crippen LogP contribution in [0.4, 0.5) is 9.18 Å². The Balaban J connectivity index is 1.69. The van der Waals surface area contributed by atoms with Crippen molar-refractivity contribution in [3.63, 3.8) is 0 Å². The number of hydrogen-bond donors (Lipinski definition) is 0. The van der Waals surface area contributed by atoms with Gasteiger partial charge in [0.15, 0.2) is 21.4 Å². The van der Waals surface area contributed by atoms with Crippen LogP contribution in [-0.4, -0.2) is 49.3 Å². The first-order chi connectivity index (χ1) is 15.7. The Labute approximate surface area is 204 Å². The molecule has 0 spiro atoms. The predicted octanol–water partition coefficient (Wildman–Crippen LogP) is 5.13. The molecule has 0 fully saturated rings. The minimum atomic E-state index is -3.52. The van der Waals surface area contributed by atoms with Crippen molar-refractivity contribution in [3.8, 4) is 5.75 Å². The van der Waals surface area contributed by atoms with Crippen molar-refractivity contribution >= 4 is 33.1 Å². The van der Waals surface area contributed by atoms with E-state index in [9.17, 15) is 17.6 Å². The molecule has 1 atom stereocenters. The van der Waals surface area contributed by atoms with E-state index in [1.165, 1.54) is 12.1 Å². The van der Waals surface area contributed by atoms with Crippen LogP contribution in [0, 0.1) is 11.7 Å². The summed E-state index contributed by atoms with van der Waals surface area (Å²) >= 11 is 6.41. The first-order valence-corrected chi connectivity index (χ1v) is 13.0. The average molecular weight is 511 g/mol. The van der Waals surface area contributed by atoms with E-state index in [2.05, 4.69) is 4.98 Å². The second kappa shape index (κ2) is 9.92. The van der Waals surface area contributed by atoms with Gasteiger partial charge in [0.1, 0.15) is 12.2 Å². The fourth-order valence-electron chi connectivity index (χ4n) is 3.50. The van der Waals surface area contributed by atoms with E-state index in [0.29, 0.717) is 23.8 Å². The Hall–Kier alpha value is -2.65. The second-order valence-corrected chi connectivity index (χ2v) is 11.7. The molecule has 1 aliphatic rings. The maximum absolute atomic E-state index is 14.2. The number of halogens is 2. The van der Waals surface area contributed by atoms with Gasteiger partial charge in [0, 0.05) is 25.5 Å². The van der Waals surface area contributed by atoms with Gasteiger partial charge in [-0.05, 0) is 62.1 Å². The van der Waals surface area contributed by atoms with Gasteiger partial charge in [0.2, 0.25) is 0 Å². The highest BCUT2D eigenvalue weighted by molar-refractivity contribution is 7.90. The Bertz CT molecular complexity index is 1220. The van der Waals surface area contributed by atoms with Gasteiger partial charge in [-0.15, -0.1) is 0 Å². The smallest absolute Gasteiger partial charge is 0.410 e. The van der Waals surface area contributed by atoms with Gasteiger partial charge in [-0.25, -0.2) is 17.6 Å². The molecule has 7 nitrogen and oxygen atoms in total. The van der Waals surface area contributed by atoms with E-state index in [1.54, 1.807) is 17.2 Å². The van der Waals surface area contributed by atoms with Crippen LogP contribution in [0.5, 0.6) is 5.75 Å². The van der Waals surface area contributed by atoms with Crippen LogP contribution in [0.25, 0.3) is 5.57 Å². The first-order valence-electron chi connectivity index (χ1n) is 10.7. The van der Waals surface area contributed by atoms with E-state index < -0.39 is 21.3 Å². The number of ether oxygens (including phenoxy) is 2.